The summed E-state index contributed by atoms with van der Waals surface area (Å²) in [5.41, 5.74) is 1.17. The van der Waals surface area contributed by atoms with Crippen molar-refractivity contribution in [3.05, 3.63) is 35.3 Å². The monoisotopic (exact) mass is 444 g/mol. The number of carbonyl (C=O) groups excluding carboxylic acids is 1. The van der Waals surface area contributed by atoms with Crippen molar-refractivity contribution in [2.24, 2.45) is 0 Å². The first-order chi connectivity index (χ1) is 15.1. The van der Waals surface area contributed by atoms with Crippen LogP contribution in [0, 0.1) is 0 Å². The molecule has 0 aliphatic carbocycles. The number of aromatic nitrogens is 1. The van der Waals surface area contributed by atoms with Crippen LogP contribution in [0.2, 0.25) is 0 Å². The van der Waals surface area contributed by atoms with Gasteiger partial charge in [0.25, 0.3) is 5.91 Å². The van der Waals surface area contributed by atoms with E-state index in [0.717, 1.165) is 24.8 Å². The number of amides is 1. The fourth-order valence-electron chi connectivity index (χ4n) is 4.19. The van der Waals surface area contributed by atoms with Gasteiger partial charge >= 0.3 is 0 Å². The Morgan fingerprint density at radius 3 is 2.48 bits per heavy atom. The van der Waals surface area contributed by atoms with Gasteiger partial charge in [-0.15, -0.1) is 11.3 Å². The predicted octanol–water partition coefficient (Wildman–Crippen LogP) is 3.25. The molecule has 0 spiro atoms. The number of methoxy groups -OCH3 is 1. The maximum absolute atomic E-state index is 12.9. The highest BCUT2D eigenvalue weighted by molar-refractivity contribution is 7.13. The lowest BCUT2D eigenvalue weighted by Crippen LogP contribution is -2.52. The molecule has 2 saturated heterocycles. The SMILES string of the molecule is COc1ccccc1O[C@H](C)C(=O)N1CCN(c2nc(CN3CCCCC3)cs2)CC1. The molecule has 0 radical (unpaired) electrons. The van der Waals surface area contributed by atoms with E-state index in [1.54, 1.807) is 25.4 Å². The molecule has 0 unspecified atom stereocenters. The number of likely N-dealkylation sites (tertiary alicyclic amines) is 1. The van der Waals surface area contributed by atoms with Gasteiger partial charge in [-0.2, -0.15) is 0 Å². The zero-order chi connectivity index (χ0) is 21.6. The van der Waals surface area contributed by atoms with Crippen LogP contribution in [-0.2, 0) is 11.3 Å². The number of hydrogen-bond acceptors (Lipinski definition) is 7. The van der Waals surface area contributed by atoms with Gasteiger partial charge in [-0.25, -0.2) is 4.98 Å². The van der Waals surface area contributed by atoms with Crippen LogP contribution in [0.25, 0.3) is 0 Å². The first-order valence-corrected chi connectivity index (χ1v) is 12.0. The molecule has 8 heteroatoms. The lowest BCUT2D eigenvalue weighted by Gasteiger charge is -2.35. The molecule has 0 bridgehead atoms. The molecule has 4 rings (SSSR count). The van der Waals surface area contributed by atoms with Crippen molar-refractivity contribution in [2.45, 2.75) is 38.8 Å². The number of nitrogens with zero attached hydrogens (tertiary/aromatic N) is 4. The third kappa shape index (κ3) is 5.49. The second-order valence-electron chi connectivity index (χ2n) is 8.18. The Bertz CT molecular complexity index is 860. The van der Waals surface area contributed by atoms with Gasteiger partial charge in [0.15, 0.2) is 22.7 Å². The molecule has 0 N–H and O–H groups in total. The number of ether oxygens (including phenoxy) is 2. The third-order valence-electron chi connectivity index (χ3n) is 5.96. The topological polar surface area (TPSA) is 58.1 Å². The average Bonchev–Trinajstić information content (AvgIpc) is 3.28. The zero-order valence-corrected chi connectivity index (χ0v) is 19.3. The van der Waals surface area contributed by atoms with Gasteiger partial charge in [-0.3, -0.25) is 9.69 Å². The van der Waals surface area contributed by atoms with Gasteiger partial charge in [-0.05, 0) is 45.0 Å². The third-order valence-corrected chi connectivity index (χ3v) is 6.91. The summed E-state index contributed by atoms with van der Waals surface area (Å²) in [5.74, 6) is 1.24. The highest BCUT2D eigenvalue weighted by Gasteiger charge is 2.27. The fourth-order valence-corrected chi connectivity index (χ4v) is 5.06. The molecular formula is C23H32N4O3S. The van der Waals surface area contributed by atoms with Gasteiger partial charge < -0.3 is 19.3 Å². The first kappa shape index (κ1) is 21.9. The Labute approximate surface area is 188 Å². The minimum absolute atomic E-state index is 0.00971. The van der Waals surface area contributed by atoms with E-state index in [-0.39, 0.29) is 5.91 Å². The summed E-state index contributed by atoms with van der Waals surface area (Å²) in [7, 11) is 1.60. The summed E-state index contributed by atoms with van der Waals surface area (Å²) in [6.07, 6.45) is 3.39. The molecule has 1 aromatic carbocycles. The molecule has 2 aliphatic rings. The van der Waals surface area contributed by atoms with Crippen LogP contribution in [0.3, 0.4) is 0 Å². The normalized spacial score (nSPS) is 18.6. The average molecular weight is 445 g/mol. The summed E-state index contributed by atoms with van der Waals surface area (Å²) >= 11 is 1.71. The van der Waals surface area contributed by atoms with E-state index in [0.29, 0.717) is 24.6 Å². The van der Waals surface area contributed by atoms with E-state index < -0.39 is 6.10 Å². The molecule has 0 saturated carbocycles. The number of rotatable bonds is 7. The molecule has 2 aliphatic heterocycles. The summed E-state index contributed by atoms with van der Waals surface area (Å²) in [5, 5.41) is 3.25. The number of anilines is 1. The van der Waals surface area contributed by atoms with Crippen molar-refractivity contribution in [1.29, 1.82) is 0 Å². The maximum Gasteiger partial charge on any atom is 0.263 e. The number of benzene rings is 1. The van der Waals surface area contributed by atoms with Crippen molar-refractivity contribution in [3.8, 4) is 11.5 Å². The number of carbonyl (C=O) groups is 1. The van der Waals surface area contributed by atoms with E-state index in [1.165, 1.54) is 38.0 Å². The van der Waals surface area contributed by atoms with Crippen LogP contribution in [-0.4, -0.2) is 73.2 Å². The molecular weight excluding hydrogens is 412 g/mol. The van der Waals surface area contributed by atoms with Crippen molar-refractivity contribution in [2.75, 3.05) is 51.3 Å². The Hall–Kier alpha value is -2.32. The minimum atomic E-state index is -0.557. The van der Waals surface area contributed by atoms with E-state index in [4.69, 9.17) is 14.5 Å². The number of piperazine rings is 1. The largest absolute Gasteiger partial charge is 0.493 e. The quantitative estimate of drug-likeness (QED) is 0.653. The molecule has 2 aromatic rings. The van der Waals surface area contributed by atoms with Gasteiger partial charge in [0, 0.05) is 38.1 Å². The molecule has 1 amide bonds. The van der Waals surface area contributed by atoms with E-state index in [1.807, 2.05) is 29.2 Å². The molecule has 1 atom stereocenters. The summed E-state index contributed by atoms with van der Waals surface area (Å²) in [6, 6.07) is 7.42. The van der Waals surface area contributed by atoms with Crippen molar-refractivity contribution >= 4 is 22.4 Å². The molecule has 168 valence electrons. The van der Waals surface area contributed by atoms with Gasteiger partial charge in [0.1, 0.15) is 0 Å². The molecule has 3 heterocycles. The second kappa shape index (κ2) is 10.3. The smallest absolute Gasteiger partial charge is 0.263 e. The highest BCUT2D eigenvalue weighted by Crippen LogP contribution is 2.28. The van der Waals surface area contributed by atoms with Crippen LogP contribution >= 0.6 is 11.3 Å². The summed E-state index contributed by atoms with van der Waals surface area (Å²) in [4.78, 5) is 24.4. The summed E-state index contributed by atoms with van der Waals surface area (Å²) in [6.45, 7) is 8.07. The minimum Gasteiger partial charge on any atom is -0.493 e. The maximum atomic E-state index is 12.9. The highest BCUT2D eigenvalue weighted by atomic mass is 32.1. The lowest BCUT2D eigenvalue weighted by molar-refractivity contribution is -0.138. The standard InChI is InChI=1S/C23H32N4O3S/c1-18(30-21-9-5-4-8-20(21)29-2)22(28)26-12-14-27(15-13-26)23-24-19(17-31-23)16-25-10-6-3-7-11-25/h4-5,8-9,17-18H,3,6-7,10-16H2,1-2H3/t18-/m1/s1. The Morgan fingerprint density at radius 2 is 1.77 bits per heavy atom. The van der Waals surface area contributed by atoms with Crippen molar-refractivity contribution in [1.82, 2.24) is 14.8 Å². The predicted molar refractivity (Wildman–Crippen MR) is 123 cm³/mol. The van der Waals surface area contributed by atoms with Crippen LogP contribution in [0.1, 0.15) is 31.9 Å². The molecule has 1 aromatic heterocycles. The summed E-state index contributed by atoms with van der Waals surface area (Å²) < 4.78 is 11.2. The Kier molecular flexibility index (Phi) is 7.29. The molecule has 2 fully saturated rings. The number of piperidine rings is 1. The van der Waals surface area contributed by atoms with Crippen LogP contribution in [0.5, 0.6) is 11.5 Å². The second-order valence-corrected chi connectivity index (χ2v) is 9.02. The molecule has 7 nitrogen and oxygen atoms in total. The first-order valence-electron chi connectivity index (χ1n) is 11.1. The van der Waals surface area contributed by atoms with E-state index in [9.17, 15) is 4.79 Å². The molecule has 31 heavy (non-hydrogen) atoms. The van der Waals surface area contributed by atoms with Crippen LogP contribution < -0.4 is 14.4 Å². The number of thiazole rings is 1. The Balaban J connectivity index is 1.27. The van der Waals surface area contributed by atoms with Crippen LogP contribution in [0.4, 0.5) is 5.13 Å². The Morgan fingerprint density at radius 1 is 1.06 bits per heavy atom. The van der Waals surface area contributed by atoms with Crippen LogP contribution in [0.15, 0.2) is 29.6 Å². The van der Waals surface area contributed by atoms with Gasteiger partial charge in [0.05, 0.1) is 12.8 Å². The zero-order valence-electron chi connectivity index (χ0n) is 18.5. The fraction of sp³-hybridized carbons (Fsp3) is 0.565. The van der Waals surface area contributed by atoms with E-state index >= 15 is 0 Å². The number of hydrogen-bond donors (Lipinski definition) is 0. The lowest BCUT2D eigenvalue weighted by atomic mass is 10.1. The number of para-hydroxylation sites is 2. The van der Waals surface area contributed by atoms with Crippen molar-refractivity contribution in [3.63, 3.8) is 0 Å². The van der Waals surface area contributed by atoms with Gasteiger partial charge in [0.2, 0.25) is 0 Å². The van der Waals surface area contributed by atoms with Gasteiger partial charge in [-0.1, -0.05) is 18.6 Å². The van der Waals surface area contributed by atoms with E-state index in [2.05, 4.69) is 15.2 Å². The van der Waals surface area contributed by atoms with Crippen molar-refractivity contribution < 1.29 is 14.3 Å².